The zero-order valence-electron chi connectivity index (χ0n) is 16.2. The van der Waals surface area contributed by atoms with E-state index in [1.807, 2.05) is 26.0 Å². The Labute approximate surface area is 163 Å². The molecule has 28 heavy (non-hydrogen) atoms. The molecule has 0 saturated carbocycles. The van der Waals surface area contributed by atoms with Gasteiger partial charge in [0, 0.05) is 13.0 Å². The average Bonchev–Trinajstić information content (AvgIpc) is 3.21. The first-order valence-electron chi connectivity index (χ1n) is 9.01. The summed E-state index contributed by atoms with van der Waals surface area (Å²) in [5.41, 5.74) is 6.71. The number of carbonyl (C=O) groups excluding carboxylic acids is 3. The third-order valence-corrected chi connectivity index (χ3v) is 4.16. The highest BCUT2D eigenvalue weighted by atomic mass is 16.5. The van der Waals surface area contributed by atoms with E-state index in [-0.39, 0.29) is 24.0 Å². The average molecular weight is 387 g/mol. The van der Waals surface area contributed by atoms with Crippen LogP contribution in [0.2, 0.25) is 0 Å². The lowest BCUT2D eigenvalue weighted by Gasteiger charge is -2.17. The fourth-order valence-electron chi connectivity index (χ4n) is 2.34. The maximum Gasteiger partial charge on any atom is 0.286 e. The molecule has 0 spiro atoms. The lowest BCUT2D eigenvalue weighted by Crippen LogP contribution is -2.47. The van der Waals surface area contributed by atoms with Gasteiger partial charge in [0.2, 0.25) is 5.91 Å². The second-order valence-electron chi connectivity index (χ2n) is 6.33. The van der Waals surface area contributed by atoms with E-state index >= 15 is 0 Å². The van der Waals surface area contributed by atoms with Gasteiger partial charge in [-0.2, -0.15) is 0 Å². The number of hydrogen-bond acceptors (Lipinski definition) is 5. The largest absolute Gasteiger partial charge is 0.481 e. The Morgan fingerprint density at radius 2 is 1.89 bits per heavy atom. The second-order valence-corrected chi connectivity index (χ2v) is 6.33. The Bertz CT molecular complexity index is 817. The molecule has 0 bridgehead atoms. The topological polar surface area (TPSA) is 110 Å². The van der Waals surface area contributed by atoms with Crippen molar-refractivity contribution in [2.45, 2.75) is 39.7 Å². The molecule has 8 heteroatoms. The van der Waals surface area contributed by atoms with Crippen molar-refractivity contribution in [1.29, 1.82) is 0 Å². The van der Waals surface area contributed by atoms with Crippen LogP contribution in [0.5, 0.6) is 5.75 Å². The molecule has 2 rings (SSSR count). The van der Waals surface area contributed by atoms with Gasteiger partial charge >= 0.3 is 0 Å². The number of aryl methyl sites for hydroxylation is 1. The highest BCUT2D eigenvalue weighted by Gasteiger charge is 2.16. The fraction of sp³-hybridized carbons (Fsp3) is 0.350. The quantitative estimate of drug-likeness (QED) is 0.474. The van der Waals surface area contributed by atoms with Crippen molar-refractivity contribution in [3.8, 4) is 5.75 Å². The molecule has 0 saturated heterocycles. The van der Waals surface area contributed by atoms with Gasteiger partial charge in [-0.25, -0.2) is 0 Å². The number of furan rings is 1. The number of hydrazine groups is 1. The summed E-state index contributed by atoms with van der Waals surface area (Å²) >= 11 is 0. The molecule has 2 aromatic rings. The van der Waals surface area contributed by atoms with Crippen LogP contribution >= 0.6 is 0 Å². The van der Waals surface area contributed by atoms with Crippen LogP contribution in [-0.4, -0.2) is 30.4 Å². The minimum Gasteiger partial charge on any atom is -0.481 e. The lowest BCUT2D eigenvalue weighted by atomic mass is 10.1. The van der Waals surface area contributed by atoms with Crippen molar-refractivity contribution in [2.24, 2.45) is 0 Å². The number of carbonyl (C=O) groups is 3. The molecule has 3 amide bonds. The Morgan fingerprint density at radius 1 is 1.11 bits per heavy atom. The molecule has 0 aliphatic carbocycles. The van der Waals surface area contributed by atoms with E-state index in [9.17, 15) is 14.4 Å². The van der Waals surface area contributed by atoms with Crippen LogP contribution in [0.25, 0.3) is 0 Å². The molecule has 1 aromatic heterocycles. The Hall–Kier alpha value is -3.29. The predicted octanol–water partition coefficient (Wildman–Crippen LogP) is 2.02. The second kappa shape index (κ2) is 10.1. The van der Waals surface area contributed by atoms with Crippen LogP contribution in [0.4, 0.5) is 0 Å². The Balaban J connectivity index is 1.65. The van der Waals surface area contributed by atoms with Crippen LogP contribution in [0.1, 0.15) is 41.4 Å². The van der Waals surface area contributed by atoms with E-state index in [0.717, 1.165) is 11.1 Å². The van der Waals surface area contributed by atoms with E-state index in [4.69, 9.17) is 9.15 Å². The van der Waals surface area contributed by atoms with Gasteiger partial charge in [-0.1, -0.05) is 12.1 Å². The van der Waals surface area contributed by atoms with Gasteiger partial charge in [0.05, 0.1) is 6.26 Å². The summed E-state index contributed by atoms with van der Waals surface area (Å²) in [4.78, 5) is 35.5. The van der Waals surface area contributed by atoms with Gasteiger partial charge in [0.25, 0.3) is 11.8 Å². The third-order valence-electron chi connectivity index (χ3n) is 4.16. The van der Waals surface area contributed by atoms with E-state index in [1.54, 1.807) is 25.1 Å². The highest BCUT2D eigenvalue weighted by molar-refractivity contribution is 5.91. The van der Waals surface area contributed by atoms with Crippen LogP contribution in [0.15, 0.2) is 41.0 Å². The first-order chi connectivity index (χ1) is 13.4. The molecule has 150 valence electrons. The SMILES string of the molecule is Cc1cccc(OC(C)C(=O)NNC(=O)CCCNC(=O)c2ccco2)c1C. The van der Waals surface area contributed by atoms with Gasteiger partial charge in [0.1, 0.15) is 5.75 Å². The molecular weight excluding hydrogens is 362 g/mol. The molecule has 1 unspecified atom stereocenters. The van der Waals surface area contributed by atoms with Crippen molar-refractivity contribution in [1.82, 2.24) is 16.2 Å². The van der Waals surface area contributed by atoms with Gasteiger partial charge < -0.3 is 14.5 Å². The van der Waals surface area contributed by atoms with Crippen LogP contribution < -0.4 is 20.9 Å². The van der Waals surface area contributed by atoms with Crippen LogP contribution in [0, 0.1) is 13.8 Å². The van der Waals surface area contributed by atoms with Gasteiger partial charge in [0.15, 0.2) is 11.9 Å². The maximum absolute atomic E-state index is 12.1. The molecule has 8 nitrogen and oxygen atoms in total. The first kappa shape index (κ1) is 21.0. The maximum atomic E-state index is 12.1. The normalized spacial score (nSPS) is 11.4. The summed E-state index contributed by atoms with van der Waals surface area (Å²) in [5.74, 6) is -0.313. The summed E-state index contributed by atoms with van der Waals surface area (Å²) in [6.07, 6.45) is 1.21. The molecular formula is C20H25N3O5. The predicted molar refractivity (Wildman–Crippen MR) is 103 cm³/mol. The standard InChI is InChI=1S/C20H25N3O5/c1-13-7-4-8-16(14(13)2)28-15(3)19(25)23-22-18(24)10-5-11-21-20(26)17-9-6-12-27-17/h4,6-9,12,15H,5,10-11H2,1-3H3,(H,21,26)(H,22,24)(H,23,25). The van der Waals surface area contributed by atoms with Gasteiger partial charge in [-0.05, 0) is 56.5 Å². The van der Waals surface area contributed by atoms with E-state index < -0.39 is 12.0 Å². The van der Waals surface area contributed by atoms with Crippen molar-refractivity contribution in [3.63, 3.8) is 0 Å². The smallest absolute Gasteiger partial charge is 0.286 e. The Kier molecular flexibility index (Phi) is 7.62. The summed E-state index contributed by atoms with van der Waals surface area (Å²) in [6, 6.07) is 8.79. The molecule has 1 aromatic carbocycles. The highest BCUT2D eigenvalue weighted by Crippen LogP contribution is 2.21. The van der Waals surface area contributed by atoms with Crippen LogP contribution in [-0.2, 0) is 9.59 Å². The summed E-state index contributed by atoms with van der Waals surface area (Å²) < 4.78 is 10.6. The number of ether oxygens (including phenoxy) is 1. The molecule has 0 aliphatic heterocycles. The number of rotatable bonds is 8. The zero-order valence-corrected chi connectivity index (χ0v) is 16.2. The van der Waals surface area contributed by atoms with Crippen molar-refractivity contribution in [2.75, 3.05) is 6.54 Å². The number of amides is 3. The van der Waals surface area contributed by atoms with Crippen molar-refractivity contribution < 1.29 is 23.5 Å². The summed E-state index contributed by atoms with van der Waals surface area (Å²) in [7, 11) is 0. The number of hydrogen-bond donors (Lipinski definition) is 3. The molecule has 0 fully saturated rings. The Morgan fingerprint density at radius 3 is 2.61 bits per heavy atom. The molecule has 0 radical (unpaired) electrons. The monoisotopic (exact) mass is 387 g/mol. The fourth-order valence-corrected chi connectivity index (χ4v) is 2.34. The third kappa shape index (κ3) is 6.15. The first-order valence-corrected chi connectivity index (χ1v) is 9.01. The minimum atomic E-state index is -0.770. The zero-order chi connectivity index (χ0) is 20.5. The number of benzene rings is 1. The van der Waals surface area contributed by atoms with E-state index in [0.29, 0.717) is 18.7 Å². The van der Waals surface area contributed by atoms with Crippen molar-refractivity contribution in [3.05, 3.63) is 53.5 Å². The van der Waals surface area contributed by atoms with Crippen molar-refractivity contribution >= 4 is 17.7 Å². The van der Waals surface area contributed by atoms with E-state index in [1.165, 1.54) is 6.26 Å². The van der Waals surface area contributed by atoms with Crippen LogP contribution in [0.3, 0.4) is 0 Å². The minimum absolute atomic E-state index is 0.144. The molecule has 0 aliphatic rings. The van der Waals surface area contributed by atoms with Gasteiger partial charge in [-0.3, -0.25) is 25.2 Å². The molecule has 1 heterocycles. The molecule has 1 atom stereocenters. The lowest BCUT2D eigenvalue weighted by molar-refractivity contribution is -0.132. The van der Waals surface area contributed by atoms with Gasteiger partial charge in [-0.15, -0.1) is 0 Å². The molecule has 3 N–H and O–H groups in total. The number of nitrogens with one attached hydrogen (secondary N) is 3. The summed E-state index contributed by atoms with van der Waals surface area (Å²) in [5, 5.41) is 2.64. The summed E-state index contributed by atoms with van der Waals surface area (Å²) in [6.45, 7) is 5.80. The van der Waals surface area contributed by atoms with E-state index in [2.05, 4.69) is 16.2 Å².